The van der Waals surface area contributed by atoms with Crippen LogP contribution in [0.25, 0.3) is 16.9 Å². The number of piperidine rings is 1. The first-order valence-corrected chi connectivity index (χ1v) is 13.4. The van der Waals surface area contributed by atoms with E-state index in [1.807, 2.05) is 13.0 Å². The molecule has 0 bridgehead atoms. The number of ether oxygens (including phenoxy) is 1. The van der Waals surface area contributed by atoms with Gasteiger partial charge in [-0.15, -0.1) is 5.10 Å². The molecule has 2 fully saturated rings. The highest BCUT2D eigenvalue weighted by atomic mass is 19.4. The summed E-state index contributed by atoms with van der Waals surface area (Å²) in [5.41, 5.74) is -2.43. The van der Waals surface area contributed by atoms with E-state index in [0.29, 0.717) is 37.2 Å². The van der Waals surface area contributed by atoms with Gasteiger partial charge in [0.25, 0.3) is 0 Å². The van der Waals surface area contributed by atoms with Crippen LogP contribution < -0.4 is 4.74 Å². The molecule has 1 aliphatic heterocycles. The summed E-state index contributed by atoms with van der Waals surface area (Å²) in [6, 6.07) is 7.45. The Morgan fingerprint density at radius 3 is 2.40 bits per heavy atom. The standard InChI is InChI=1S/C28H25F4N9O/c1-17-25(37-38-41(17)20-5-9-39(16-34)10-6-20)18-11-23-36-15-21(13-33)40(23)24(12-18)42-26(2,22-4-3-19(29)14-35-22)27(7-8-27)28(30,31)32/h3-4,11-12,14-15,20H,5-10H2,1-2H3/t26-/m1/s1. The highest BCUT2D eigenvalue weighted by Crippen LogP contribution is 2.67. The molecule has 216 valence electrons. The molecule has 4 aromatic rings. The Bertz CT molecular complexity index is 1740. The number of fused-ring (bicyclic) bond motifs is 1. The maximum Gasteiger partial charge on any atom is 0.398 e. The van der Waals surface area contributed by atoms with Gasteiger partial charge >= 0.3 is 6.18 Å². The number of rotatable bonds is 6. The monoisotopic (exact) mass is 579 g/mol. The number of aromatic nitrogens is 6. The maximum absolute atomic E-state index is 14.6. The first-order valence-electron chi connectivity index (χ1n) is 13.4. The average molecular weight is 580 g/mol. The van der Waals surface area contributed by atoms with Gasteiger partial charge in [-0.1, -0.05) is 5.21 Å². The van der Waals surface area contributed by atoms with Gasteiger partial charge in [0.15, 0.2) is 11.8 Å². The van der Waals surface area contributed by atoms with Crippen LogP contribution in [0.1, 0.15) is 55.7 Å². The van der Waals surface area contributed by atoms with E-state index in [-0.39, 0.29) is 41.8 Å². The average Bonchev–Trinajstić information content (AvgIpc) is 3.59. The van der Waals surface area contributed by atoms with Gasteiger partial charge in [0.2, 0.25) is 5.88 Å². The molecule has 0 N–H and O–H groups in total. The van der Waals surface area contributed by atoms with Gasteiger partial charge < -0.3 is 9.64 Å². The number of halogens is 4. The van der Waals surface area contributed by atoms with Crippen LogP contribution in [0.3, 0.4) is 0 Å². The molecule has 4 aromatic heterocycles. The van der Waals surface area contributed by atoms with E-state index in [1.165, 1.54) is 29.7 Å². The summed E-state index contributed by atoms with van der Waals surface area (Å²) in [7, 11) is 0. The fourth-order valence-electron chi connectivity index (χ4n) is 5.95. The summed E-state index contributed by atoms with van der Waals surface area (Å²) < 4.78 is 67.0. The van der Waals surface area contributed by atoms with Crippen LogP contribution in [-0.4, -0.2) is 53.5 Å². The zero-order chi connectivity index (χ0) is 29.9. The Hall–Kier alpha value is -4.72. The summed E-state index contributed by atoms with van der Waals surface area (Å²) in [5.74, 6) is -0.766. The van der Waals surface area contributed by atoms with Gasteiger partial charge in [0.05, 0.1) is 29.8 Å². The first-order chi connectivity index (χ1) is 20.0. The second-order valence-corrected chi connectivity index (χ2v) is 10.9. The van der Waals surface area contributed by atoms with E-state index < -0.39 is 23.0 Å². The summed E-state index contributed by atoms with van der Waals surface area (Å²) in [5, 5.41) is 27.7. The van der Waals surface area contributed by atoms with Crippen molar-refractivity contribution in [1.29, 1.82) is 10.5 Å². The van der Waals surface area contributed by atoms with Crippen LogP contribution in [0.4, 0.5) is 17.6 Å². The van der Waals surface area contributed by atoms with E-state index in [9.17, 15) is 22.8 Å². The van der Waals surface area contributed by atoms with Crippen molar-refractivity contribution < 1.29 is 22.3 Å². The quantitative estimate of drug-likeness (QED) is 0.230. The number of pyridine rings is 2. The van der Waals surface area contributed by atoms with Gasteiger partial charge in [0, 0.05) is 24.7 Å². The minimum atomic E-state index is -4.65. The van der Waals surface area contributed by atoms with Crippen molar-refractivity contribution in [3.05, 3.63) is 59.6 Å². The summed E-state index contributed by atoms with van der Waals surface area (Å²) >= 11 is 0. The molecular weight excluding hydrogens is 554 g/mol. The van der Waals surface area contributed by atoms with E-state index in [0.717, 1.165) is 18.0 Å². The normalized spacial score (nSPS) is 18.3. The lowest BCUT2D eigenvalue weighted by molar-refractivity contribution is -0.237. The lowest BCUT2D eigenvalue weighted by Gasteiger charge is -2.39. The van der Waals surface area contributed by atoms with Crippen LogP contribution in [0.15, 0.2) is 36.7 Å². The molecule has 14 heteroatoms. The minimum Gasteiger partial charge on any atom is -0.465 e. The molecule has 0 amide bonds. The smallest absolute Gasteiger partial charge is 0.398 e. The molecule has 6 rings (SSSR count). The predicted octanol–water partition coefficient (Wildman–Crippen LogP) is 5.06. The Morgan fingerprint density at radius 2 is 1.81 bits per heavy atom. The lowest BCUT2D eigenvalue weighted by Crippen LogP contribution is -2.48. The Kier molecular flexibility index (Phi) is 6.33. The Balaban J connectivity index is 1.47. The van der Waals surface area contributed by atoms with Crippen LogP contribution in [0, 0.1) is 40.9 Å². The third kappa shape index (κ3) is 4.21. The molecule has 1 atom stereocenters. The number of hydrogen-bond acceptors (Lipinski definition) is 8. The first kappa shape index (κ1) is 27.4. The van der Waals surface area contributed by atoms with Crippen molar-refractivity contribution >= 4 is 5.65 Å². The van der Waals surface area contributed by atoms with E-state index >= 15 is 0 Å². The molecular formula is C28H25F4N9O. The number of hydrogen-bond donors (Lipinski definition) is 0. The number of likely N-dealkylation sites (tertiary alicyclic amines) is 1. The van der Waals surface area contributed by atoms with Crippen LogP contribution >= 0.6 is 0 Å². The highest BCUT2D eigenvalue weighted by Gasteiger charge is 2.74. The topological polar surface area (TPSA) is 121 Å². The van der Waals surface area contributed by atoms with Gasteiger partial charge in [-0.2, -0.15) is 23.7 Å². The van der Waals surface area contributed by atoms with Crippen LogP contribution in [0.5, 0.6) is 5.88 Å². The summed E-state index contributed by atoms with van der Waals surface area (Å²) in [6.07, 6.45) is 0.674. The fraction of sp³-hybridized carbons (Fsp3) is 0.429. The molecule has 5 heterocycles. The number of nitriles is 2. The SMILES string of the molecule is Cc1c(-c2cc(O[C@](C)(c3ccc(F)cn3)C3(C(F)(F)F)CC3)n3c(C#N)cnc3c2)nnn1C1CCN(C#N)CC1. The molecule has 0 aromatic carbocycles. The Morgan fingerprint density at radius 1 is 1.07 bits per heavy atom. The molecule has 1 aliphatic carbocycles. The molecule has 2 aliphatic rings. The van der Waals surface area contributed by atoms with Crippen molar-refractivity contribution in [1.82, 2.24) is 34.3 Å². The van der Waals surface area contributed by atoms with Crippen molar-refractivity contribution in [3.8, 4) is 29.4 Å². The van der Waals surface area contributed by atoms with E-state index in [4.69, 9.17) is 10.00 Å². The van der Waals surface area contributed by atoms with E-state index in [1.54, 1.807) is 15.6 Å². The zero-order valence-corrected chi connectivity index (χ0v) is 22.7. The third-order valence-electron chi connectivity index (χ3n) is 8.57. The van der Waals surface area contributed by atoms with Gasteiger partial charge in [-0.25, -0.2) is 14.1 Å². The summed E-state index contributed by atoms with van der Waals surface area (Å²) in [4.78, 5) is 9.99. The molecule has 1 saturated heterocycles. The molecule has 0 spiro atoms. The minimum absolute atomic E-state index is 0.0290. The van der Waals surface area contributed by atoms with Crippen LogP contribution in [0.2, 0.25) is 0 Å². The van der Waals surface area contributed by atoms with Crippen molar-refractivity contribution in [2.75, 3.05) is 13.1 Å². The second-order valence-electron chi connectivity index (χ2n) is 10.9. The van der Waals surface area contributed by atoms with Gasteiger partial charge in [-0.05, 0) is 57.7 Å². The molecule has 1 saturated carbocycles. The van der Waals surface area contributed by atoms with Crippen molar-refractivity contribution in [2.24, 2.45) is 5.41 Å². The predicted molar refractivity (Wildman–Crippen MR) is 139 cm³/mol. The second kappa shape index (κ2) is 9.69. The number of imidazole rings is 1. The van der Waals surface area contributed by atoms with Gasteiger partial charge in [-0.3, -0.25) is 9.38 Å². The third-order valence-corrected chi connectivity index (χ3v) is 8.57. The highest BCUT2D eigenvalue weighted by molar-refractivity contribution is 5.68. The molecule has 0 unspecified atom stereocenters. The van der Waals surface area contributed by atoms with Crippen LogP contribution in [-0.2, 0) is 5.60 Å². The van der Waals surface area contributed by atoms with Crippen molar-refractivity contribution in [2.45, 2.75) is 57.3 Å². The summed E-state index contributed by atoms with van der Waals surface area (Å²) in [6.45, 7) is 4.34. The number of nitrogens with zero attached hydrogens (tertiary/aromatic N) is 9. The molecule has 0 radical (unpaired) electrons. The van der Waals surface area contributed by atoms with Crippen molar-refractivity contribution in [3.63, 3.8) is 0 Å². The molecule has 10 nitrogen and oxygen atoms in total. The molecule has 42 heavy (non-hydrogen) atoms. The largest absolute Gasteiger partial charge is 0.465 e. The van der Waals surface area contributed by atoms with Gasteiger partial charge in [0.1, 0.15) is 34.3 Å². The fourth-order valence-corrected chi connectivity index (χ4v) is 5.95. The lowest BCUT2D eigenvalue weighted by atomic mass is 9.81. The Labute approximate surface area is 237 Å². The number of alkyl halides is 3. The zero-order valence-electron chi connectivity index (χ0n) is 22.7. The van der Waals surface area contributed by atoms with E-state index in [2.05, 4.69) is 26.5 Å². The maximum atomic E-state index is 14.6.